The van der Waals surface area contributed by atoms with Crippen LogP contribution in [0.25, 0.3) is 0 Å². The number of hydrogen-bond donors (Lipinski definition) is 1. The summed E-state index contributed by atoms with van der Waals surface area (Å²) in [7, 11) is 0. The number of halogens is 2. The van der Waals surface area contributed by atoms with E-state index in [2.05, 4.69) is 0 Å². The first kappa shape index (κ1) is 22.8. The highest BCUT2D eigenvalue weighted by Crippen LogP contribution is 2.37. The lowest BCUT2D eigenvalue weighted by Crippen LogP contribution is -2.63. The third-order valence-electron chi connectivity index (χ3n) is 3.76. The molecule has 1 heterocycles. The zero-order valence-corrected chi connectivity index (χ0v) is 17.3. The van der Waals surface area contributed by atoms with Gasteiger partial charge in [-0.25, -0.2) is 0 Å². The van der Waals surface area contributed by atoms with Crippen LogP contribution in [0.4, 0.5) is 0 Å². The molecule has 11 heteroatoms. The quantitative estimate of drug-likeness (QED) is 0.378. The smallest absolute Gasteiger partial charge is 0.303 e. The van der Waals surface area contributed by atoms with Gasteiger partial charge in [-0.15, -0.1) is 0 Å². The van der Waals surface area contributed by atoms with E-state index in [9.17, 15) is 14.4 Å². The number of nitrogens with two attached hydrogens (primary N) is 1. The number of ether oxygens (including phenoxy) is 4. The number of thioether (sulfide) groups is 1. The second kappa shape index (κ2) is 10.3. The molecule has 0 bridgehead atoms. The Morgan fingerprint density at radius 3 is 2.36 bits per heavy atom. The van der Waals surface area contributed by atoms with E-state index in [4.69, 9.17) is 47.9 Å². The Morgan fingerprint density at radius 2 is 1.82 bits per heavy atom. The van der Waals surface area contributed by atoms with Crippen molar-refractivity contribution in [1.29, 1.82) is 0 Å². The Bertz CT molecular complexity index is 715. The second-order valence-corrected chi connectivity index (χ2v) is 7.96. The summed E-state index contributed by atoms with van der Waals surface area (Å²) < 4.78 is 21.3. The minimum Gasteiger partial charge on any atom is -0.463 e. The van der Waals surface area contributed by atoms with Gasteiger partial charge in [0.05, 0.1) is 6.04 Å². The van der Waals surface area contributed by atoms with E-state index in [0.29, 0.717) is 14.9 Å². The van der Waals surface area contributed by atoms with Crippen LogP contribution in [0.5, 0.6) is 0 Å². The van der Waals surface area contributed by atoms with E-state index in [1.807, 2.05) is 0 Å². The molecule has 1 aromatic rings. The minimum absolute atomic E-state index is 0.192. The fourth-order valence-corrected chi connectivity index (χ4v) is 4.56. The zero-order chi connectivity index (χ0) is 20.8. The maximum absolute atomic E-state index is 11.5. The van der Waals surface area contributed by atoms with Crippen molar-refractivity contribution >= 4 is 53.4 Å². The van der Waals surface area contributed by atoms with Gasteiger partial charge in [0.15, 0.2) is 6.10 Å². The highest BCUT2D eigenvalue weighted by molar-refractivity contribution is 7.99. The van der Waals surface area contributed by atoms with Crippen LogP contribution in [0, 0.1) is 0 Å². The molecule has 5 atom stereocenters. The minimum atomic E-state index is -0.985. The Labute approximate surface area is 175 Å². The van der Waals surface area contributed by atoms with Crippen molar-refractivity contribution in [2.45, 2.75) is 48.5 Å². The van der Waals surface area contributed by atoms with E-state index in [-0.39, 0.29) is 13.1 Å². The Morgan fingerprint density at radius 1 is 1.18 bits per heavy atom. The maximum Gasteiger partial charge on any atom is 0.303 e. The van der Waals surface area contributed by atoms with Gasteiger partial charge in [0.1, 0.15) is 24.3 Å². The molecule has 2 N–H and O–H groups in total. The normalized spacial score (nSPS) is 27.0. The largest absolute Gasteiger partial charge is 0.463 e. The molecular formula is C17H19Cl2NO7S. The summed E-state index contributed by atoms with van der Waals surface area (Å²) in [6.07, 6.45) is -2.79. The van der Waals surface area contributed by atoms with E-state index in [1.165, 1.54) is 25.6 Å². The number of hydrogen-bond acceptors (Lipinski definition) is 9. The summed E-state index contributed by atoms with van der Waals surface area (Å²) in [5.74, 6) is -1.13. The van der Waals surface area contributed by atoms with Gasteiger partial charge in [0, 0.05) is 28.8 Å². The monoisotopic (exact) mass is 451 g/mol. The first-order chi connectivity index (χ1) is 13.2. The van der Waals surface area contributed by atoms with E-state index in [0.717, 1.165) is 0 Å². The summed E-state index contributed by atoms with van der Waals surface area (Å²) in [4.78, 5) is 34.3. The van der Waals surface area contributed by atoms with Crippen LogP contribution in [0.15, 0.2) is 23.1 Å². The number of esters is 2. The highest BCUT2D eigenvalue weighted by atomic mass is 35.5. The maximum atomic E-state index is 11.5. The van der Waals surface area contributed by atoms with Crippen molar-refractivity contribution in [2.75, 3.05) is 6.61 Å². The molecule has 0 spiro atoms. The zero-order valence-electron chi connectivity index (χ0n) is 15.0. The molecule has 8 nitrogen and oxygen atoms in total. The van der Waals surface area contributed by atoms with Gasteiger partial charge in [-0.2, -0.15) is 0 Å². The van der Waals surface area contributed by atoms with Crippen molar-refractivity contribution in [1.82, 2.24) is 0 Å². The lowest BCUT2D eigenvalue weighted by molar-refractivity contribution is -0.197. The van der Waals surface area contributed by atoms with E-state index < -0.39 is 41.7 Å². The first-order valence-corrected chi connectivity index (χ1v) is 9.78. The van der Waals surface area contributed by atoms with Crippen LogP contribution in [0.2, 0.25) is 10.0 Å². The van der Waals surface area contributed by atoms with E-state index in [1.54, 1.807) is 18.2 Å². The van der Waals surface area contributed by atoms with Crippen LogP contribution >= 0.6 is 35.0 Å². The average Bonchev–Trinajstić information content (AvgIpc) is 2.58. The molecule has 1 aliphatic heterocycles. The van der Waals surface area contributed by atoms with Gasteiger partial charge < -0.3 is 24.7 Å². The molecule has 0 amide bonds. The van der Waals surface area contributed by atoms with Gasteiger partial charge in [0.25, 0.3) is 6.47 Å². The molecule has 1 fully saturated rings. The van der Waals surface area contributed by atoms with Crippen LogP contribution in [-0.2, 0) is 33.3 Å². The summed E-state index contributed by atoms with van der Waals surface area (Å²) in [6.45, 7) is 2.49. The molecule has 0 saturated carbocycles. The molecule has 1 aromatic carbocycles. The average molecular weight is 452 g/mol. The summed E-state index contributed by atoms with van der Waals surface area (Å²) >= 11 is 13.2. The van der Waals surface area contributed by atoms with E-state index >= 15 is 0 Å². The third-order valence-corrected chi connectivity index (χ3v) is 5.31. The fraction of sp³-hybridized carbons (Fsp3) is 0.471. The summed E-state index contributed by atoms with van der Waals surface area (Å²) in [6, 6.07) is 3.96. The lowest BCUT2D eigenvalue weighted by Gasteiger charge is -2.43. The molecule has 2 rings (SSSR count). The molecular weight excluding hydrogens is 433 g/mol. The molecule has 0 aromatic heterocycles. The van der Waals surface area contributed by atoms with Crippen molar-refractivity contribution in [3.05, 3.63) is 28.2 Å². The van der Waals surface area contributed by atoms with Crippen LogP contribution in [0.1, 0.15) is 13.8 Å². The Balaban J connectivity index is 2.29. The molecule has 1 saturated heterocycles. The predicted molar refractivity (Wildman–Crippen MR) is 102 cm³/mol. The topological polar surface area (TPSA) is 114 Å². The van der Waals surface area contributed by atoms with Crippen LogP contribution < -0.4 is 5.73 Å². The fourth-order valence-electron chi connectivity index (χ4n) is 2.67. The predicted octanol–water partition coefficient (Wildman–Crippen LogP) is 2.17. The molecule has 154 valence electrons. The SMILES string of the molecule is CC(=O)OCC1OC(Sc2cc(Cl)cc(Cl)c2)C(OC=O)C(N)C1OC(C)=O. The van der Waals surface area contributed by atoms with Gasteiger partial charge in [-0.05, 0) is 18.2 Å². The third kappa shape index (κ3) is 6.25. The van der Waals surface area contributed by atoms with Crippen molar-refractivity contribution in [3.63, 3.8) is 0 Å². The van der Waals surface area contributed by atoms with Crippen molar-refractivity contribution in [2.24, 2.45) is 5.73 Å². The number of carbonyl (C=O) groups excluding carboxylic acids is 3. The molecule has 1 aliphatic rings. The Kier molecular flexibility index (Phi) is 8.38. The standard InChI is InChI=1S/C17H19Cl2NO7S/c1-8(22)24-6-13-15(26-9(2)23)14(20)16(25-7-21)17(27-13)28-12-4-10(18)3-11(19)5-12/h3-5,7,13-17H,6,20H2,1-2H3. The lowest BCUT2D eigenvalue weighted by atomic mass is 9.97. The second-order valence-electron chi connectivity index (χ2n) is 5.92. The molecule has 28 heavy (non-hydrogen) atoms. The number of benzene rings is 1. The highest BCUT2D eigenvalue weighted by Gasteiger charge is 2.48. The van der Waals surface area contributed by atoms with Crippen LogP contribution in [0.3, 0.4) is 0 Å². The molecule has 0 radical (unpaired) electrons. The van der Waals surface area contributed by atoms with Crippen LogP contribution in [-0.4, -0.2) is 54.8 Å². The molecule has 5 unspecified atom stereocenters. The number of rotatable bonds is 7. The van der Waals surface area contributed by atoms with Crippen molar-refractivity contribution < 1.29 is 33.3 Å². The number of carbonyl (C=O) groups is 3. The van der Waals surface area contributed by atoms with Gasteiger partial charge in [0.2, 0.25) is 0 Å². The van der Waals surface area contributed by atoms with Gasteiger partial charge in [-0.3, -0.25) is 14.4 Å². The van der Waals surface area contributed by atoms with Gasteiger partial charge in [-0.1, -0.05) is 35.0 Å². The van der Waals surface area contributed by atoms with Gasteiger partial charge >= 0.3 is 11.9 Å². The first-order valence-electron chi connectivity index (χ1n) is 8.14. The summed E-state index contributed by atoms with van der Waals surface area (Å²) in [5.41, 5.74) is 5.42. The van der Waals surface area contributed by atoms with Crippen molar-refractivity contribution in [3.8, 4) is 0 Å². The summed E-state index contributed by atoms with van der Waals surface area (Å²) in [5, 5.41) is 0.828. The molecule has 0 aliphatic carbocycles. The Hall–Kier alpha value is -1.52.